The number of aromatic nitrogens is 3. The molecule has 8 nitrogen and oxygen atoms in total. The molecule has 0 unspecified atom stereocenters. The highest BCUT2D eigenvalue weighted by Crippen LogP contribution is 2.42. The van der Waals surface area contributed by atoms with Gasteiger partial charge in [0.25, 0.3) is 0 Å². The number of hydrogen-bond acceptors (Lipinski definition) is 6. The summed E-state index contributed by atoms with van der Waals surface area (Å²) < 4.78 is 34.7. The largest absolute Gasteiger partial charge is 0.383 e. The first-order chi connectivity index (χ1) is 17.8. The predicted molar refractivity (Wildman–Crippen MR) is 146 cm³/mol. The Balaban J connectivity index is 1.66. The topological polar surface area (TPSA) is 115 Å². The van der Waals surface area contributed by atoms with E-state index in [1.165, 1.54) is 18.5 Å². The Morgan fingerprint density at radius 2 is 1.84 bits per heavy atom. The van der Waals surface area contributed by atoms with E-state index in [1.807, 2.05) is 23.7 Å². The van der Waals surface area contributed by atoms with Gasteiger partial charge in [-0.2, -0.15) is 4.36 Å². The summed E-state index contributed by atoms with van der Waals surface area (Å²) in [6.45, 7) is 3.47. The molecule has 1 fully saturated rings. The number of fused-ring (bicyclic) bond motifs is 1. The van der Waals surface area contributed by atoms with Gasteiger partial charge in [-0.1, -0.05) is 31.2 Å². The molecule has 2 aromatic heterocycles. The molecule has 2 aromatic carbocycles. The summed E-state index contributed by atoms with van der Waals surface area (Å²) in [6.07, 6.45) is 5.31. The normalized spacial score (nSPS) is 14.9. The molecule has 3 heterocycles. The maximum atomic E-state index is 15.4. The molecular weight excluding hydrogens is 491 g/mol. The average molecular weight is 519 g/mol. The number of nitrogen functional groups attached to an aromatic ring is 1. The van der Waals surface area contributed by atoms with Gasteiger partial charge in [0.15, 0.2) is 0 Å². The Bertz CT molecular complexity index is 1640. The van der Waals surface area contributed by atoms with E-state index in [2.05, 4.69) is 26.2 Å². The number of nitrogens with zero attached hydrogens (tertiary/aromatic N) is 4. The lowest BCUT2D eigenvalue weighted by molar-refractivity contribution is -0.111. The van der Waals surface area contributed by atoms with Gasteiger partial charge in [0.2, 0.25) is 5.91 Å². The van der Waals surface area contributed by atoms with Gasteiger partial charge in [-0.15, -0.1) is 0 Å². The van der Waals surface area contributed by atoms with Gasteiger partial charge in [0.05, 0.1) is 20.8 Å². The molecule has 0 atom stereocenters. The number of hydrogen-bond donors (Lipinski definition) is 2. The quantitative estimate of drug-likeness (QED) is 0.342. The second kappa shape index (κ2) is 9.78. The first-order valence-electron chi connectivity index (χ1n) is 11.9. The Morgan fingerprint density at radius 1 is 1.14 bits per heavy atom. The van der Waals surface area contributed by atoms with Gasteiger partial charge < -0.3 is 15.6 Å². The minimum atomic E-state index is -2.44. The molecule has 0 radical (unpaired) electrons. The number of rotatable bonds is 5. The number of aryl methyl sites for hydroxylation is 1. The molecule has 0 aliphatic carbocycles. The zero-order valence-corrected chi connectivity index (χ0v) is 21.2. The molecule has 3 N–H and O–H groups in total. The van der Waals surface area contributed by atoms with Crippen molar-refractivity contribution in [1.82, 2.24) is 14.5 Å². The average Bonchev–Trinajstić information content (AvgIpc) is 3.19. The molecule has 10 heteroatoms. The number of carbonyl (C=O) groups is 1. The minimum Gasteiger partial charge on any atom is -0.383 e. The molecule has 1 saturated heterocycles. The van der Waals surface area contributed by atoms with Crippen molar-refractivity contribution < 1.29 is 13.4 Å². The van der Waals surface area contributed by atoms with Gasteiger partial charge in [-0.05, 0) is 54.3 Å². The van der Waals surface area contributed by atoms with Crippen molar-refractivity contribution >= 4 is 43.9 Å². The van der Waals surface area contributed by atoms with Crippen LogP contribution in [-0.4, -0.2) is 36.2 Å². The third-order valence-corrected chi connectivity index (χ3v) is 8.92. The van der Waals surface area contributed by atoms with Crippen LogP contribution in [0.25, 0.3) is 33.4 Å². The summed E-state index contributed by atoms with van der Waals surface area (Å²) in [4.78, 5) is 20.3. The van der Waals surface area contributed by atoms with Crippen LogP contribution in [0.1, 0.15) is 19.3 Å². The number of amides is 1. The molecule has 190 valence electrons. The number of halogens is 1. The van der Waals surface area contributed by atoms with E-state index in [1.54, 1.807) is 24.3 Å². The summed E-state index contributed by atoms with van der Waals surface area (Å²) in [5, 5.41) is 3.33. The highest BCUT2D eigenvalue weighted by molar-refractivity contribution is 7.93. The van der Waals surface area contributed by atoms with Crippen LogP contribution in [0.3, 0.4) is 0 Å². The monoisotopic (exact) mass is 518 g/mol. The lowest BCUT2D eigenvalue weighted by Crippen LogP contribution is -2.15. The number of anilines is 2. The van der Waals surface area contributed by atoms with Crippen LogP contribution in [0.15, 0.2) is 65.8 Å². The fourth-order valence-corrected chi connectivity index (χ4v) is 6.94. The van der Waals surface area contributed by atoms with Crippen LogP contribution in [0, 0.1) is 5.82 Å². The third-order valence-electron chi connectivity index (χ3n) is 6.54. The van der Waals surface area contributed by atoms with E-state index >= 15 is 4.39 Å². The van der Waals surface area contributed by atoms with E-state index in [0.29, 0.717) is 39.4 Å². The fourth-order valence-electron chi connectivity index (χ4n) is 4.74. The number of nitrogens with two attached hydrogens (primary N) is 1. The Labute approximate surface area is 214 Å². The highest BCUT2D eigenvalue weighted by Gasteiger charge is 2.23. The van der Waals surface area contributed by atoms with Crippen molar-refractivity contribution in [2.24, 2.45) is 11.4 Å². The summed E-state index contributed by atoms with van der Waals surface area (Å²) in [5.74, 6) is 0.414. The van der Waals surface area contributed by atoms with Crippen LogP contribution in [0.5, 0.6) is 0 Å². The van der Waals surface area contributed by atoms with Crippen LogP contribution in [0.2, 0.25) is 0 Å². The third kappa shape index (κ3) is 4.72. The molecule has 0 spiro atoms. The maximum Gasteiger partial charge on any atom is 0.247 e. The Hall–Kier alpha value is -4.05. The Morgan fingerprint density at radius 3 is 2.51 bits per heavy atom. The SMILES string of the molecule is C=CC(=O)Nc1ccc(-c2c(-c3ccc(N=S4(=O)CCCCC4)c(F)c3)c3c(N)ncnc3n2C)cc1. The molecular formula is C27H27FN6O2S. The molecule has 0 bridgehead atoms. The Kier molecular flexibility index (Phi) is 6.51. The second-order valence-electron chi connectivity index (χ2n) is 9.01. The van der Waals surface area contributed by atoms with Crippen LogP contribution >= 0.6 is 0 Å². The fraction of sp³-hybridized carbons (Fsp3) is 0.222. The van der Waals surface area contributed by atoms with Gasteiger partial charge in [0.1, 0.15) is 29.3 Å². The lowest BCUT2D eigenvalue weighted by Gasteiger charge is -2.15. The first kappa shape index (κ1) is 24.6. The van der Waals surface area contributed by atoms with Crippen molar-refractivity contribution in [2.75, 3.05) is 22.6 Å². The summed E-state index contributed by atoms with van der Waals surface area (Å²) in [6, 6.07) is 12.0. The summed E-state index contributed by atoms with van der Waals surface area (Å²) in [7, 11) is -0.586. The molecule has 1 aliphatic rings. The highest BCUT2D eigenvalue weighted by atomic mass is 32.2. The molecule has 1 amide bonds. The van der Waals surface area contributed by atoms with Gasteiger partial charge in [-0.25, -0.2) is 18.6 Å². The van der Waals surface area contributed by atoms with E-state index in [9.17, 15) is 9.00 Å². The van der Waals surface area contributed by atoms with Crippen LogP contribution < -0.4 is 11.1 Å². The molecule has 37 heavy (non-hydrogen) atoms. The molecule has 0 saturated carbocycles. The number of carbonyl (C=O) groups excluding carboxylic acids is 1. The van der Waals surface area contributed by atoms with E-state index in [-0.39, 0.29) is 17.4 Å². The first-order valence-corrected chi connectivity index (χ1v) is 13.8. The molecule has 1 aliphatic heterocycles. The second-order valence-corrected chi connectivity index (χ2v) is 11.6. The van der Waals surface area contributed by atoms with Crippen LogP contribution in [-0.2, 0) is 21.6 Å². The zero-order chi connectivity index (χ0) is 26.2. The van der Waals surface area contributed by atoms with Crippen molar-refractivity contribution in [2.45, 2.75) is 19.3 Å². The van der Waals surface area contributed by atoms with Gasteiger partial charge in [0, 0.05) is 29.8 Å². The van der Waals surface area contributed by atoms with Crippen molar-refractivity contribution in [3.8, 4) is 22.4 Å². The van der Waals surface area contributed by atoms with Crippen molar-refractivity contribution in [3.63, 3.8) is 0 Å². The van der Waals surface area contributed by atoms with E-state index in [0.717, 1.165) is 30.5 Å². The summed E-state index contributed by atoms with van der Waals surface area (Å²) >= 11 is 0. The van der Waals surface area contributed by atoms with Crippen molar-refractivity contribution in [1.29, 1.82) is 0 Å². The molecule has 5 rings (SSSR count). The summed E-state index contributed by atoms with van der Waals surface area (Å²) in [5.41, 5.74) is 10.4. The van der Waals surface area contributed by atoms with Crippen molar-refractivity contribution in [3.05, 3.63) is 67.3 Å². The standard InChI is InChI=1S/C27H27FN6O2S/c1-3-22(35)32-19-10-7-17(8-11-19)25-23(24-26(29)30-16-31-27(24)34(25)2)18-9-12-21(20(28)15-18)33-37(36)13-5-4-6-14-37/h3,7-12,15-16H,1,4-6,13-14H2,2H3,(H,32,35)(H2,29,30,31). The van der Waals surface area contributed by atoms with Gasteiger partial charge >= 0.3 is 0 Å². The zero-order valence-electron chi connectivity index (χ0n) is 20.4. The van der Waals surface area contributed by atoms with E-state index < -0.39 is 15.5 Å². The molecule has 4 aromatic rings. The van der Waals surface area contributed by atoms with E-state index in [4.69, 9.17) is 5.73 Å². The lowest BCUT2D eigenvalue weighted by atomic mass is 9.98. The van der Waals surface area contributed by atoms with Crippen LogP contribution in [0.4, 0.5) is 21.6 Å². The smallest absolute Gasteiger partial charge is 0.247 e. The predicted octanol–water partition coefficient (Wildman–Crippen LogP) is 5.43. The minimum absolute atomic E-state index is 0.101. The number of nitrogens with one attached hydrogen (secondary N) is 1. The van der Waals surface area contributed by atoms with Gasteiger partial charge in [-0.3, -0.25) is 4.79 Å². The maximum absolute atomic E-state index is 15.4. The number of benzene rings is 2.